The van der Waals surface area contributed by atoms with Gasteiger partial charge in [0.05, 0.1) is 7.11 Å². The summed E-state index contributed by atoms with van der Waals surface area (Å²) < 4.78 is 37.6. The highest BCUT2D eigenvalue weighted by Crippen LogP contribution is 2.21. The second-order valence-corrected chi connectivity index (χ2v) is 4.30. The van der Waals surface area contributed by atoms with E-state index in [1.807, 2.05) is 0 Å². The van der Waals surface area contributed by atoms with Crippen molar-refractivity contribution in [3.63, 3.8) is 0 Å². The zero-order valence-electron chi connectivity index (χ0n) is 11.3. The van der Waals surface area contributed by atoms with Crippen LogP contribution in [0.25, 0.3) is 0 Å². The Morgan fingerprint density at radius 1 is 1.14 bits per heavy atom. The molecule has 0 fully saturated rings. The van der Waals surface area contributed by atoms with Crippen LogP contribution in [0.3, 0.4) is 0 Å². The van der Waals surface area contributed by atoms with Gasteiger partial charge in [-0.1, -0.05) is 0 Å². The smallest absolute Gasteiger partial charge is 0.165 e. The van der Waals surface area contributed by atoms with Gasteiger partial charge < -0.3 is 15.2 Å². The fourth-order valence-corrected chi connectivity index (χ4v) is 1.71. The van der Waals surface area contributed by atoms with Crippen molar-refractivity contribution in [3.8, 4) is 11.5 Å². The van der Waals surface area contributed by atoms with Gasteiger partial charge in [0.25, 0.3) is 0 Å². The van der Waals surface area contributed by atoms with Crippen molar-refractivity contribution in [1.29, 1.82) is 5.41 Å². The van der Waals surface area contributed by atoms with E-state index in [0.717, 1.165) is 6.07 Å². The molecule has 0 radical (unpaired) electrons. The molecule has 0 saturated carbocycles. The Morgan fingerprint density at radius 3 is 2.48 bits per heavy atom. The molecule has 0 heterocycles. The van der Waals surface area contributed by atoms with Crippen LogP contribution in [-0.2, 0) is 6.61 Å². The van der Waals surface area contributed by atoms with Gasteiger partial charge in [0.2, 0.25) is 0 Å². The van der Waals surface area contributed by atoms with E-state index < -0.39 is 11.6 Å². The first-order valence-electron chi connectivity index (χ1n) is 6.10. The molecular formula is C15H14F2N2O2. The van der Waals surface area contributed by atoms with Gasteiger partial charge in [0.1, 0.15) is 24.0 Å². The summed E-state index contributed by atoms with van der Waals surface area (Å²) in [5.74, 6) is -1.02. The molecule has 2 aromatic rings. The first kappa shape index (κ1) is 14.8. The van der Waals surface area contributed by atoms with Crippen molar-refractivity contribution in [2.24, 2.45) is 5.73 Å². The lowest BCUT2D eigenvalue weighted by Gasteiger charge is -2.10. The highest BCUT2D eigenvalue weighted by Gasteiger charge is 2.09. The molecule has 110 valence electrons. The average molecular weight is 292 g/mol. The Bertz CT molecular complexity index is 675. The topological polar surface area (TPSA) is 68.3 Å². The number of hydrogen-bond acceptors (Lipinski definition) is 3. The van der Waals surface area contributed by atoms with Crippen LogP contribution in [0.5, 0.6) is 11.5 Å². The molecule has 0 atom stereocenters. The maximum Gasteiger partial charge on any atom is 0.165 e. The molecule has 0 aliphatic carbocycles. The van der Waals surface area contributed by atoms with Crippen LogP contribution in [-0.4, -0.2) is 12.9 Å². The minimum absolute atomic E-state index is 0.0322. The van der Waals surface area contributed by atoms with Crippen LogP contribution in [0, 0.1) is 17.0 Å². The molecule has 6 heteroatoms. The van der Waals surface area contributed by atoms with Gasteiger partial charge in [-0.25, -0.2) is 8.78 Å². The predicted molar refractivity (Wildman–Crippen MR) is 74.7 cm³/mol. The summed E-state index contributed by atoms with van der Waals surface area (Å²) in [7, 11) is 1.44. The second kappa shape index (κ2) is 6.21. The predicted octanol–water partition coefficient (Wildman–Crippen LogP) is 2.84. The third-order valence-corrected chi connectivity index (χ3v) is 2.89. The maximum absolute atomic E-state index is 13.7. The quantitative estimate of drug-likeness (QED) is 0.657. The number of hydrogen-bond donors (Lipinski definition) is 2. The van der Waals surface area contributed by atoms with Crippen molar-refractivity contribution < 1.29 is 18.3 Å². The van der Waals surface area contributed by atoms with Crippen LogP contribution < -0.4 is 15.2 Å². The fourth-order valence-electron chi connectivity index (χ4n) is 1.71. The molecule has 2 rings (SSSR count). The lowest BCUT2D eigenvalue weighted by Crippen LogP contribution is -2.11. The van der Waals surface area contributed by atoms with E-state index in [4.69, 9.17) is 20.6 Å². The minimum atomic E-state index is -0.656. The van der Waals surface area contributed by atoms with Crippen LogP contribution in [0.15, 0.2) is 36.4 Å². The van der Waals surface area contributed by atoms with E-state index >= 15 is 0 Å². The summed E-state index contributed by atoms with van der Waals surface area (Å²) in [6, 6.07) is 8.25. The number of rotatable bonds is 5. The number of benzene rings is 2. The number of ether oxygens (including phenoxy) is 2. The van der Waals surface area contributed by atoms with Gasteiger partial charge >= 0.3 is 0 Å². The minimum Gasteiger partial charge on any atom is -0.497 e. The van der Waals surface area contributed by atoms with Crippen molar-refractivity contribution in [1.82, 2.24) is 0 Å². The van der Waals surface area contributed by atoms with Gasteiger partial charge in [-0.05, 0) is 30.3 Å². The van der Waals surface area contributed by atoms with Crippen LogP contribution >= 0.6 is 0 Å². The normalized spacial score (nSPS) is 10.2. The van der Waals surface area contributed by atoms with E-state index in [0.29, 0.717) is 5.75 Å². The number of nitrogens with one attached hydrogen (secondary N) is 1. The number of amidine groups is 1. The van der Waals surface area contributed by atoms with Gasteiger partial charge in [0.15, 0.2) is 11.6 Å². The first-order chi connectivity index (χ1) is 10.0. The molecule has 0 aliphatic rings. The molecular weight excluding hydrogens is 278 g/mol. The number of nitrogen functional groups attached to an aromatic ring is 1. The Hall–Kier alpha value is -2.63. The van der Waals surface area contributed by atoms with Crippen molar-refractivity contribution >= 4 is 5.84 Å². The molecule has 3 N–H and O–H groups in total. The Morgan fingerprint density at radius 2 is 1.90 bits per heavy atom. The lowest BCUT2D eigenvalue weighted by molar-refractivity contribution is 0.284. The molecule has 0 bridgehead atoms. The zero-order valence-corrected chi connectivity index (χ0v) is 11.3. The summed E-state index contributed by atoms with van der Waals surface area (Å²) >= 11 is 0. The zero-order chi connectivity index (χ0) is 15.4. The number of nitrogens with two attached hydrogens (primary N) is 1. The summed E-state index contributed by atoms with van der Waals surface area (Å²) in [6.07, 6.45) is 0. The van der Waals surface area contributed by atoms with Crippen LogP contribution in [0.2, 0.25) is 0 Å². The Balaban J connectivity index is 2.11. The molecule has 0 amide bonds. The standard InChI is InChI=1S/C15H14F2N2O2/c1-20-11-4-2-10(12(16)7-11)8-21-14-5-3-9(15(18)19)6-13(14)17/h2-7H,8H2,1H3,(H3,18,19). The molecule has 4 nitrogen and oxygen atoms in total. The van der Waals surface area contributed by atoms with Gasteiger partial charge in [-0.2, -0.15) is 0 Å². The third kappa shape index (κ3) is 3.47. The monoisotopic (exact) mass is 292 g/mol. The van der Waals surface area contributed by atoms with E-state index in [2.05, 4.69) is 0 Å². The second-order valence-electron chi connectivity index (χ2n) is 4.30. The Kier molecular flexibility index (Phi) is 4.37. The van der Waals surface area contributed by atoms with Crippen molar-refractivity contribution in [3.05, 3.63) is 59.2 Å². The summed E-state index contributed by atoms with van der Waals surface area (Å²) in [5.41, 5.74) is 5.80. The lowest BCUT2D eigenvalue weighted by atomic mass is 10.2. The van der Waals surface area contributed by atoms with Crippen LogP contribution in [0.4, 0.5) is 8.78 Å². The van der Waals surface area contributed by atoms with E-state index in [9.17, 15) is 8.78 Å². The van der Waals surface area contributed by atoms with Crippen molar-refractivity contribution in [2.75, 3.05) is 7.11 Å². The molecule has 0 spiro atoms. The molecule has 0 saturated heterocycles. The highest BCUT2D eigenvalue weighted by molar-refractivity contribution is 5.95. The first-order valence-corrected chi connectivity index (χ1v) is 6.10. The molecule has 21 heavy (non-hydrogen) atoms. The largest absolute Gasteiger partial charge is 0.497 e. The van der Waals surface area contributed by atoms with Gasteiger partial charge in [-0.3, -0.25) is 5.41 Å². The molecule has 2 aromatic carbocycles. The summed E-state index contributed by atoms with van der Waals surface area (Å²) in [4.78, 5) is 0. The third-order valence-electron chi connectivity index (χ3n) is 2.89. The van der Waals surface area contributed by atoms with Gasteiger partial charge in [-0.15, -0.1) is 0 Å². The fraction of sp³-hybridized carbons (Fsp3) is 0.133. The average Bonchev–Trinajstić information content (AvgIpc) is 2.46. The van der Waals surface area contributed by atoms with Crippen molar-refractivity contribution in [2.45, 2.75) is 6.61 Å². The van der Waals surface area contributed by atoms with E-state index in [-0.39, 0.29) is 29.3 Å². The van der Waals surface area contributed by atoms with Crippen LogP contribution in [0.1, 0.15) is 11.1 Å². The van der Waals surface area contributed by atoms with Gasteiger partial charge in [0, 0.05) is 17.2 Å². The van der Waals surface area contributed by atoms with E-state index in [1.54, 1.807) is 6.07 Å². The maximum atomic E-state index is 13.7. The Labute approximate surface area is 120 Å². The number of halogens is 2. The number of methoxy groups -OCH3 is 1. The molecule has 0 aliphatic heterocycles. The summed E-state index contributed by atoms with van der Waals surface area (Å²) in [6.45, 7) is -0.119. The highest BCUT2D eigenvalue weighted by atomic mass is 19.1. The van der Waals surface area contributed by atoms with E-state index in [1.165, 1.54) is 31.4 Å². The SMILES string of the molecule is COc1ccc(COc2ccc(C(=N)N)cc2F)c(F)c1. The molecule has 0 aromatic heterocycles. The summed E-state index contributed by atoms with van der Waals surface area (Å²) in [5, 5.41) is 7.21. The molecule has 0 unspecified atom stereocenters.